The van der Waals surface area contributed by atoms with Crippen molar-refractivity contribution in [2.45, 2.75) is 12.8 Å². The maximum absolute atomic E-state index is 11.6. The van der Waals surface area contributed by atoms with Gasteiger partial charge in [-0.15, -0.1) is 0 Å². The standard InChI is InChI=1S/C10H20N2O2S/c13-8-7-11-3-5-12(6-4-11)10(14)2-1-9-15/h13,15H,1-9H2. The van der Waals surface area contributed by atoms with Crippen molar-refractivity contribution >= 4 is 18.5 Å². The van der Waals surface area contributed by atoms with Crippen LogP contribution in [0.4, 0.5) is 0 Å². The van der Waals surface area contributed by atoms with Crippen molar-refractivity contribution < 1.29 is 9.90 Å². The van der Waals surface area contributed by atoms with Gasteiger partial charge in [0.25, 0.3) is 0 Å². The zero-order valence-electron chi connectivity index (χ0n) is 9.06. The predicted molar refractivity (Wildman–Crippen MR) is 63.2 cm³/mol. The number of rotatable bonds is 5. The molecule has 0 atom stereocenters. The third-order valence-corrected chi connectivity index (χ3v) is 3.01. The zero-order chi connectivity index (χ0) is 11.1. The van der Waals surface area contributed by atoms with Crippen LogP contribution in [0.15, 0.2) is 0 Å². The lowest BCUT2D eigenvalue weighted by Gasteiger charge is -2.34. The van der Waals surface area contributed by atoms with Gasteiger partial charge in [0.1, 0.15) is 0 Å². The lowest BCUT2D eigenvalue weighted by atomic mass is 10.2. The fourth-order valence-electron chi connectivity index (χ4n) is 1.75. The summed E-state index contributed by atoms with van der Waals surface area (Å²) in [5.41, 5.74) is 0. The van der Waals surface area contributed by atoms with E-state index in [0.29, 0.717) is 6.42 Å². The van der Waals surface area contributed by atoms with Crippen molar-refractivity contribution in [1.82, 2.24) is 9.80 Å². The van der Waals surface area contributed by atoms with E-state index >= 15 is 0 Å². The van der Waals surface area contributed by atoms with Crippen LogP contribution < -0.4 is 0 Å². The predicted octanol–water partition coefficient (Wildman–Crippen LogP) is -0.167. The van der Waals surface area contributed by atoms with Crippen LogP contribution in [0.25, 0.3) is 0 Å². The van der Waals surface area contributed by atoms with E-state index in [9.17, 15) is 4.79 Å². The summed E-state index contributed by atoms with van der Waals surface area (Å²) in [6.45, 7) is 4.28. The largest absolute Gasteiger partial charge is 0.395 e. The molecule has 1 amide bonds. The van der Waals surface area contributed by atoms with Gasteiger partial charge in [0.15, 0.2) is 0 Å². The maximum atomic E-state index is 11.6. The Labute approximate surface area is 96.6 Å². The molecule has 1 saturated heterocycles. The molecular formula is C10H20N2O2S. The molecule has 1 aliphatic heterocycles. The number of β-amino-alcohol motifs (C(OH)–C–C–N with tert-alkyl or cyclic N) is 1. The molecule has 0 aromatic carbocycles. The van der Waals surface area contributed by atoms with Crippen molar-refractivity contribution in [3.63, 3.8) is 0 Å². The highest BCUT2D eigenvalue weighted by Gasteiger charge is 2.19. The Balaban J connectivity index is 2.21. The summed E-state index contributed by atoms with van der Waals surface area (Å²) in [6, 6.07) is 0. The average Bonchev–Trinajstić information content (AvgIpc) is 2.27. The minimum Gasteiger partial charge on any atom is -0.395 e. The van der Waals surface area contributed by atoms with Crippen molar-refractivity contribution in [1.29, 1.82) is 0 Å². The van der Waals surface area contributed by atoms with Gasteiger partial charge in [0, 0.05) is 39.1 Å². The van der Waals surface area contributed by atoms with Gasteiger partial charge in [-0.2, -0.15) is 12.6 Å². The summed E-state index contributed by atoms with van der Waals surface area (Å²) in [5.74, 6) is 1.02. The van der Waals surface area contributed by atoms with Gasteiger partial charge < -0.3 is 10.0 Å². The van der Waals surface area contributed by atoms with Gasteiger partial charge in [-0.1, -0.05) is 0 Å². The molecule has 0 bridgehead atoms. The molecule has 4 nitrogen and oxygen atoms in total. The van der Waals surface area contributed by atoms with Gasteiger partial charge in [-0.05, 0) is 12.2 Å². The monoisotopic (exact) mass is 232 g/mol. The van der Waals surface area contributed by atoms with Crippen LogP contribution in [0.5, 0.6) is 0 Å². The summed E-state index contributed by atoms with van der Waals surface area (Å²) in [7, 11) is 0. The van der Waals surface area contributed by atoms with Gasteiger partial charge in [-0.25, -0.2) is 0 Å². The van der Waals surface area contributed by atoms with E-state index in [2.05, 4.69) is 17.5 Å². The maximum Gasteiger partial charge on any atom is 0.222 e. The first-order valence-electron chi connectivity index (χ1n) is 5.49. The smallest absolute Gasteiger partial charge is 0.222 e. The van der Waals surface area contributed by atoms with Crippen molar-refractivity contribution in [2.75, 3.05) is 45.1 Å². The number of carbonyl (C=O) groups is 1. The Hall–Kier alpha value is -0.260. The quantitative estimate of drug-likeness (QED) is 0.647. The zero-order valence-corrected chi connectivity index (χ0v) is 9.96. The van der Waals surface area contributed by atoms with Crippen LogP contribution >= 0.6 is 12.6 Å². The summed E-state index contributed by atoms with van der Waals surface area (Å²) >= 11 is 4.09. The summed E-state index contributed by atoms with van der Waals surface area (Å²) in [4.78, 5) is 15.7. The van der Waals surface area contributed by atoms with Crippen LogP contribution in [0, 0.1) is 0 Å². The first-order valence-corrected chi connectivity index (χ1v) is 6.13. The minimum absolute atomic E-state index is 0.202. The molecule has 5 heteroatoms. The lowest BCUT2D eigenvalue weighted by molar-refractivity contribution is -0.133. The molecule has 0 aliphatic carbocycles. The fraction of sp³-hybridized carbons (Fsp3) is 0.900. The van der Waals surface area contributed by atoms with E-state index in [1.807, 2.05) is 4.90 Å². The molecule has 1 rings (SSSR count). The topological polar surface area (TPSA) is 43.8 Å². The number of nitrogens with zero attached hydrogens (tertiary/aromatic N) is 2. The molecule has 88 valence electrons. The lowest BCUT2D eigenvalue weighted by Crippen LogP contribution is -2.49. The van der Waals surface area contributed by atoms with Crippen LogP contribution in [0.3, 0.4) is 0 Å². The Morgan fingerprint density at radius 2 is 1.93 bits per heavy atom. The molecule has 0 aromatic rings. The van der Waals surface area contributed by atoms with E-state index in [-0.39, 0.29) is 12.5 Å². The molecule has 1 heterocycles. The molecule has 1 fully saturated rings. The first kappa shape index (κ1) is 12.8. The second-order valence-corrected chi connectivity index (χ2v) is 4.22. The number of aliphatic hydroxyl groups excluding tert-OH is 1. The number of aliphatic hydroxyl groups is 1. The van der Waals surface area contributed by atoms with Gasteiger partial charge >= 0.3 is 0 Å². The molecule has 1 N–H and O–H groups in total. The van der Waals surface area contributed by atoms with Crippen LogP contribution in [0.1, 0.15) is 12.8 Å². The number of hydrogen-bond acceptors (Lipinski definition) is 4. The van der Waals surface area contributed by atoms with Gasteiger partial charge in [-0.3, -0.25) is 9.69 Å². The fourth-order valence-corrected chi connectivity index (χ4v) is 1.91. The number of piperazine rings is 1. The number of thiol groups is 1. The molecule has 0 unspecified atom stereocenters. The highest BCUT2D eigenvalue weighted by atomic mass is 32.1. The SMILES string of the molecule is O=C(CCCS)N1CCN(CCO)CC1. The van der Waals surface area contributed by atoms with E-state index in [4.69, 9.17) is 5.11 Å². The second-order valence-electron chi connectivity index (χ2n) is 3.77. The third kappa shape index (κ3) is 4.40. The molecule has 1 aliphatic rings. The Kier molecular flexibility index (Phi) is 6.05. The first-order chi connectivity index (χ1) is 7.27. The molecular weight excluding hydrogens is 212 g/mol. The van der Waals surface area contributed by atoms with E-state index in [1.165, 1.54) is 0 Å². The van der Waals surface area contributed by atoms with Crippen molar-refractivity contribution in [3.05, 3.63) is 0 Å². The number of carbonyl (C=O) groups excluding carboxylic acids is 1. The molecule has 0 spiro atoms. The highest BCUT2D eigenvalue weighted by Crippen LogP contribution is 2.05. The van der Waals surface area contributed by atoms with Gasteiger partial charge in [0.05, 0.1) is 6.61 Å². The Morgan fingerprint density at radius 1 is 1.27 bits per heavy atom. The Bertz CT molecular complexity index is 194. The van der Waals surface area contributed by atoms with Crippen molar-refractivity contribution in [3.8, 4) is 0 Å². The van der Waals surface area contributed by atoms with Crippen LogP contribution in [-0.2, 0) is 4.79 Å². The Morgan fingerprint density at radius 3 is 2.47 bits per heavy atom. The third-order valence-electron chi connectivity index (χ3n) is 2.69. The van der Waals surface area contributed by atoms with Gasteiger partial charge in [0.2, 0.25) is 5.91 Å². The average molecular weight is 232 g/mol. The summed E-state index contributed by atoms with van der Waals surface area (Å²) in [5, 5.41) is 8.78. The van der Waals surface area contributed by atoms with E-state index < -0.39 is 0 Å². The number of hydrogen-bond donors (Lipinski definition) is 2. The van der Waals surface area contributed by atoms with Crippen LogP contribution in [0.2, 0.25) is 0 Å². The molecule has 0 aromatic heterocycles. The van der Waals surface area contributed by atoms with Crippen molar-refractivity contribution in [2.24, 2.45) is 0 Å². The highest BCUT2D eigenvalue weighted by molar-refractivity contribution is 7.80. The van der Waals surface area contributed by atoms with Crippen LogP contribution in [-0.4, -0.2) is 65.9 Å². The summed E-state index contributed by atoms with van der Waals surface area (Å²) in [6.07, 6.45) is 1.47. The van der Waals surface area contributed by atoms with E-state index in [1.54, 1.807) is 0 Å². The molecule has 0 radical (unpaired) electrons. The molecule has 15 heavy (non-hydrogen) atoms. The minimum atomic E-state index is 0.202. The normalized spacial score (nSPS) is 18.1. The summed E-state index contributed by atoms with van der Waals surface area (Å²) < 4.78 is 0. The second kappa shape index (κ2) is 7.09. The van der Waals surface area contributed by atoms with E-state index in [0.717, 1.165) is 44.9 Å². The number of amides is 1. The molecule has 0 saturated carbocycles.